The molecule has 2 aromatic heterocycles. The molecule has 20 heavy (non-hydrogen) atoms. The highest BCUT2D eigenvalue weighted by Gasteiger charge is 2.16. The number of nitrogens with two attached hydrogens (primary N) is 1. The SMILES string of the molecule is Nc1n[nH]c(-c2cc(Br)cc(Br)c2)c1-c1ccccn1. The van der Waals surface area contributed by atoms with E-state index in [-0.39, 0.29) is 0 Å². The first-order chi connectivity index (χ1) is 9.65. The Morgan fingerprint density at radius 2 is 1.80 bits per heavy atom. The third-order valence-corrected chi connectivity index (χ3v) is 3.78. The third kappa shape index (κ3) is 2.48. The minimum atomic E-state index is 0.440. The summed E-state index contributed by atoms with van der Waals surface area (Å²) in [6.07, 6.45) is 1.74. The number of nitrogens with zero attached hydrogens (tertiary/aromatic N) is 2. The van der Waals surface area contributed by atoms with Crippen LogP contribution in [0.1, 0.15) is 0 Å². The van der Waals surface area contributed by atoms with Gasteiger partial charge in [0.05, 0.1) is 17.0 Å². The summed E-state index contributed by atoms with van der Waals surface area (Å²) in [5.74, 6) is 0.440. The number of hydrogen-bond acceptors (Lipinski definition) is 3. The fourth-order valence-corrected chi connectivity index (χ4v) is 3.33. The number of aromatic amines is 1. The summed E-state index contributed by atoms with van der Waals surface area (Å²) in [7, 11) is 0. The maximum atomic E-state index is 5.98. The van der Waals surface area contributed by atoms with Crippen LogP contribution in [0.15, 0.2) is 51.5 Å². The molecule has 1 aromatic carbocycles. The number of nitrogens with one attached hydrogen (secondary N) is 1. The fourth-order valence-electron chi connectivity index (χ4n) is 2.03. The van der Waals surface area contributed by atoms with Crippen molar-refractivity contribution in [2.24, 2.45) is 0 Å². The van der Waals surface area contributed by atoms with E-state index in [0.29, 0.717) is 5.82 Å². The number of nitrogen functional groups attached to an aromatic ring is 1. The first-order valence-electron chi connectivity index (χ1n) is 5.87. The molecule has 0 saturated carbocycles. The Hall–Kier alpha value is -1.66. The van der Waals surface area contributed by atoms with Crippen LogP contribution < -0.4 is 5.73 Å². The number of H-pyrrole nitrogens is 1. The Balaban J connectivity index is 2.21. The maximum absolute atomic E-state index is 5.98. The van der Waals surface area contributed by atoms with Crippen LogP contribution in [0.2, 0.25) is 0 Å². The van der Waals surface area contributed by atoms with E-state index in [0.717, 1.165) is 31.5 Å². The largest absolute Gasteiger partial charge is 0.382 e. The van der Waals surface area contributed by atoms with Gasteiger partial charge >= 0.3 is 0 Å². The molecule has 0 aliphatic carbocycles. The fraction of sp³-hybridized carbons (Fsp3) is 0. The lowest BCUT2D eigenvalue weighted by atomic mass is 10.0. The smallest absolute Gasteiger partial charge is 0.155 e. The van der Waals surface area contributed by atoms with Gasteiger partial charge in [0.2, 0.25) is 0 Å². The highest BCUT2D eigenvalue weighted by molar-refractivity contribution is 9.11. The van der Waals surface area contributed by atoms with Crippen molar-refractivity contribution in [3.8, 4) is 22.5 Å². The number of halogens is 2. The Morgan fingerprint density at radius 1 is 1.05 bits per heavy atom. The molecule has 2 heterocycles. The van der Waals surface area contributed by atoms with Gasteiger partial charge in [-0.15, -0.1) is 0 Å². The van der Waals surface area contributed by atoms with E-state index in [9.17, 15) is 0 Å². The van der Waals surface area contributed by atoms with Gasteiger partial charge in [-0.1, -0.05) is 37.9 Å². The second-order valence-corrected chi connectivity index (χ2v) is 6.06. The van der Waals surface area contributed by atoms with Gasteiger partial charge in [-0.05, 0) is 30.3 Å². The Kier molecular flexibility index (Phi) is 3.58. The minimum Gasteiger partial charge on any atom is -0.382 e. The van der Waals surface area contributed by atoms with Crippen molar-refractivity contribution in [3.63, 3.8) is 0 Å². The first kappa shape index (κ1) is 13.3. The number of aromatic nitrogens is 3. The zero-order chi connectivity index (χ0) is 14.1. The molecule has 0 unspecified atom stereocenters. The summed E-state index contributed by atoms with van der Waals surface area (Å²) >= 11 is 6.97. The van der Waals surface area contributed by atoms with Crippen molar-refractivity contribution in [2.75, 3.05) is 5.73 Å². The van der Waals surface area contributed by atoms with E-state index in [1.165, 1.54) is 0 Å². The number of pyridine rings is 1. The lowest BCUT2D eigenvalue weighted by Crippen LogP contribution is -1.90. The van der Waals surface area contributed by atoms with Gasteiger partial charge in [-0.25, -0.2) is 0 Å². The second kappa shape index (κ2) is 5.38. The molecular formula is C14H10Br2N4. The molecule has 0 radical (unpaired) electrons. The van der Waals surface area contributed by atoms with Gasteiger partial charge in [-0.2, -0.15) is 5.10 Å². The Bertz CT molecular complexity index is 733. The van der Waals surface area contributed by atoms with Crippen LogP contribution in [0.25, 0.3) is 22.5 Å². The summed E-state index contributed by atoms with van der Waals surface area (Å²) < 4.78 is 1.95. The maximum Gasteiger partial charge on any atom is 0.155 e. The van der Waals surface area contributed by atoms with E-state index in [1.54, 1.807) is 6.20 Å². The van der Waals surface area contributed by atoms with E-state index in [2.05, 4.69) is 47.0 Å². The zero-order valence-electron chi connectivity index (χ0n) is 10.3. The molecule has 3 N–H and O–H groups in total. The number of hydrogen-bond donors (Lipinski definition) is 2. The number of anilines is 1. The zero-order valence-corrected chi connectivity index (χ0v) is 13.4. The summed E-state index contributed by atoms with van der Waals surface area (Å²) in [5, 5.41) is 7.10. The topological polar surface area (TPSA) is 67.6 Å². The van der Waals surface area contributed by atoms with E-state index < -0.39 is 0 Å². The predicted molar refractivity (Wildman–Crippen MR) is 87.1 cm³/mol. The minimum absolute atomic E-state index is 0.440. The number of rotatable bonds is 2. The Morgan fingerprint density at radius 3 is 2.45 bits per heavy atom. The summed E-state index contributed by atoms with van der Waals surface area (Å²) in [6, 6.07) is 11.7. The highest BCUT2D eigenvalue weighted by Crippen LogP contribution is 2.35. The molecular weight excluding hydrogens is 384 g/mol. The van der Waals surface area contributed by atoms with Gasteiger partial charge in [0, 0.05) is 20.7 Å². The van der Waals surface area contributed by atoms with Crippen LogP contribution in [-0.2, 0) is 0 Å². The van der Waals surface area contributed by atoms with E-state index >= 15 is 0 Å². The van der Waals surface area contributed by atoms with Crippen LogP contribution >= 0.6 is 31.9 Å². The molecule has 0 aliphatic heterocycles. The molecule has 0 aliphatic rings. The molecule has 0 spiro atoms. The first-order valence-corrected chi connectivity index (χ1v) is 7.45. The normalized spacial score (nSPS) is 10.7. The molecule has 100 valence electrons. The third-order valence-electron chi connectivity index (χ3n) is 2.87. The molecule has 0 bridgehead atoms. The van der Waals surface area contributed by atoms with Crippen molar-refractivity contribution in [1.29, 1.82) is 0 Å². The van der Waals surface area contributed by atoms with Crippen molar-refractivity contribution in [2.45, 2.75) is 0 Å². The molecule has 0 saturated heterocycles. The quantitative estimate of drug-likeness (QED) is 0.683. The van der Waals surface area contributed by atoms with Crippen molar-refractivity contribution >= 4 is 37.7 Å². The molecule has 4 nitrogen and oxygen atoms in total. The van der Waals surface area contributed by atoms with Gasteiger partial charge in [0.1, 0.15) is 0 Å². The van der Waals surface area contributed by atoms with Gasteiger partial charge < -0.3 is 5.73 Å². The Labute approximate surface area is 132 Å². The molecule has 6 heteroatoms. The molecule has 0 amide bonds. The average Bonchev–Trinajstić information content (AvgIpc) is 2.80. The highest BCUT2D eigenvalue weighted by atomic mass is 79.9. The molecule has 3 aromatic rings. The molecule has 0 atom stereocenters. The standard InChI is InChI=1S/C14H10Br2N4/c15-9-5-8(6-10(16)7-9)13-12(14(17)20-19-13)11-3-1-2-4-18-11/h1-7H,(H3,17,19,20). The summed E-state index contributed by atoms with van der Waals surface area (Å²) in [5.41, 5.74) is 9.43. The van der Waals surface area contributed by atoms with E-state index in [4.69, 9.17) is 5.73 Å². The lowest BCUT2D eigenvalue weighted by Gasteiger charge is -2.05. The molecule has 3 rings (SSSR count). The average molecular weight is 394 g/mol. The van der Waals surface area contributed by atoms with Crippen molar-refractivity contribution in [3.05, 3.63) is 51.5 Å². The van der Waals surface area contributed by atoms with Gasteiger partial charge in [-0.3, -0.25) is 10.1 Å². The number of benzene rings is 1. The van der Waals surface area contributed by atoms with E-state index in [1.807, 2.05) is 36.4 Å². The second-order valence-electron chi connectivity index (χ2n) is 4.23. The summed E-state index contributed by atoms with van der Waals surface area (Å²) in [4.78, 5) is 4.35. The predicted octanol–water partition coefficient (Wildman–Crippen LogP) is 4.25. The van der Waals surface area contributed by atoms with Crippen molar-refractivity contribution < 1.29 is 0 Å². The van der Waals surface area contributed by atoms with Crippen LogP contribution in [-0.4, -0.2) is 15.2 Å². The van der Waals surface area contributed by atoms with Crippen LogP contribution in [0, 0.1) is 0 Å². The van der Waals surface area contributed by atoms with Crippen LogP contribution in [0.4, 0.5) is 5.82 Å². The lowest BCUT2D eigenvalue weighted by molar-refractivity contribution is 1.10. The molecule has 0 fully saturated rings. The monoisotopic (exact) mass is 392 g/mol. The van der Waals surface area contributed by atoms with Crippen LogP contribution in [0.3, 0.4) is 0 Å². The van der Waals surface area contributed by atoms with Crippen LogP contribution in [0.5, 0.6) is 0 Å². The summed E-state index contributed by atoms with van der Waals surface area (Å²) in [6.45, 7) is 0. The van der Waals surface area contributed by atoms with Gasteiger partial charge in [0.25, 0.3) is 0 Å². The van der Waals surface area contributed by atoms with Crippen molar-refractivity contribution in [1.82, 2.24) is 15.2 Å². The van der Waals surface area contributed by atoms with Gasteiger partial charge in [0.15, 0.2) is 5.82 Å².